The molecule has 0 saturated heterocycles. The Morgan fingerprint density at radius 3 is 2.72 bits per heavy atom. The fourth-order valence-corrected chi connectivity index (χ4v) is 1.49. The monoisotopic (exact) mass is 243 g/mol. The molecule has 0 unspecified atom stereocenters. The van der Waals surface area contributed by atoms with Crippen LogP contribution in [0.4, 0.5) is 4.39 Å². The molecule has 0 atom stereocenters. The SMILES string of the molecule is N#Cc1ccc(Oc2cccc(CO)c2)c(F)c1. The van der Waals surface area contributed by atoms with Crippen molar-refractivity contribution in [2.75, 3.05) is 0 Å². The number of aliphatic hydroxyl groups is 1. The molecular weight excluding hydrogens is 233 g/mol. The molecule has 0 heterocycles. The van der Waals surface area contributed by atoms with E-state index in [2.05, 4.69) is 0 Å². The van der Waals surface area contributed by atoms with Gasteiger partial charge in [0.05, 0.1) is 18.2 Å². The molecule has 0 fully saturated rings. The lowest BCUT2D eigenvalue weighted by Gasteiger charge is -2.07. The van der Waals surface area contributed by atoms with Crippen LogP contribution in [0.25, 0.3) is 0 Å². The van der Waals surface area contributed by atoms with Gasteiger partial charge in [-0.1, -0.05) is 12.1 Å². The smallest absolute Gasteiger partial charge is 0.167 e. The van der Waals surface area contributed by atoms with Crippen LogP contribution in [0, 0.1) is 17.1 Å². The second-order valence-corrected chi connectivity index (χ2v) is 3.66. The highest BCUT2D eigenvalue weighted by Crippen LogP contribution is 2.25. The molecule has 1 N–H and O–H groups in total. The highest BCUT2D eigenvalue weighted by atomic mass is 19.1. The van der Waals surface area contributed by atoms with Gasteiger partial charge >= 0.3 is 0 Å². The Hall–Kier alpha value is -2.38. The largest absolute Gasteiger partial charge is 0.454 e. The van der Waals surface area contributed by atoms with E-state index in [-0.39, 0.29) is 17.9 Å². The van der Waals surface area contributed by atoms with Crippen molar-refractivity contribution in [2.45, 2.75) is 6.61 Å². The van der Waals surface area contributed by atoms with E-state index in [1.54, 1.807) is 24.3 Å². The van der Waals surface area contributed by atoms with Crippen molar-refractivity contribution in [3.05, 3.63) is 59.4 Å². The molecule has 0 bridgehead atoms. The molecule has 2 rings (SSSR count). The van der Waals surface area contributed by atoms with Gasteiger partial charge in [0.2, 0.25) is 0 Å². The number of hydrogen-bond donors (Lipinski definition) is 1. The standard InChI is InChI=1S/C14H10FNO2/c15-13-7-10(8-16)4-5-14(13)18-12-3-1-2-11(6-12)9-17/h1-7,17H,9H2. The first-order valence-electron chi connectivity index (χ1n) is 5.30. The number of benzene rings is 2. The average Bonchev–Trinajstić information content (AvgIpc) is 2.41. The predicted molar refractivity (Wildman–Crippen MR) is 63.6 cm³/mol. The third-order valence-electron chi connectivity index (χ3n) is 2.37. The minimum absolute atomic E-state index is 0.0455. The number of rotatable bonds is 3. The maximum atomic E-state index is 13.6. The lowest BCUT2D eigenvalue weighted by atomic mass is 10.2. The third-order valence-corrected chi connectivity index (χ3v) is 2.37. The third kappa shape index (κ3) is 2.65. The number of ether oxygens (including phenoxy) is 1. The van der Waals surface area contributed by atoms with Gasteiger partial charge in [-0.05, 0) is 35.9 Å². The molecule has 0 radical (unpaired) electrons. The molecule has 18 heavy (non-hydrogen) atoms. The first-order chi connectivity index (χ1) is 8.72. The second-order valence-electron chi connectivity index (χ2n) is 3.66. The maximum Gasteiger partial charge on any atom is 0.167 e. The first kappa shape index (κ1) is 12.1. The lowest BCUT2D eigenvalue weighted by Crippen LogP contribution is -1.91. The van der Waals surface area contributed by atoms with Gasteiger partial charge in [-0.25, -0.2) is 4.39 Å². The van der Waals surface area contributed by atoms with Crippen LogP contribution >= 0.6 is 0 Å². The van der Waals surface area contributed by atoms with Crippen LogP contribution in [0.1, 0.15) is 11.1 Å². The Labute approximate surface area is 104 Å². The van der Waals surface area contributed by atoms with Crippen LogP contribution in [-0.2, 0) is 6.61 Å². The summed E-state index contributed by atoms with van der Waals surface area (Å²) in [6.07, 6.45) is 0. The summed E-state index contributed by atoms with van der Waals surface area (Å²) in [5.41, 5.74) is 0.922. The fraction of sp³-hybridized carbons (Fsp3) is 0.0714. The van der Waals surface area contributed by atoms with Crippen LogP contribution in [-0.4, -0.2) is 5.11 Å². The van der Waals surface area contributed by atoms with Crippen molar-refractivity contribution in [3.63, 3.8) is 0 Å². The van der Waals surface area contributed by atoms with Gasteiger partial charge in [0, 0.05) is 0 Å². The van der Waals surface area contributed by atoms with Crippen LogP contribution in [0.15, 0.2) is 42.5 Å². The van der Waals surface area contributed by atoms with Gasteiger partial charge in [-0.15, -0.1) is 0 Å². The molecule has 0 saturated carbocycles. The molecule has 4 heteroatoms. The number of hydrogen-bond acceptors (Lipinski definition) is 3. The Balaban J connectivity index is 2.26. The van der Waals surface area contributed by atoms with Crippen molar-refractivity contribution >= 4 is 0 Å². The van der Waals surface area contributed by atoms with Gasteiger partial charge in [0.1, 0.15) is 5.75 Å². The first-order valence-corrected chi connectivity index (χ1v) is 5.30. The predicted octanol–water partition coefficient (Wildman–Crippen LogP) is 2.98. The zero-order valence-corrected chi connectivity index (χ0v) is 9.43. The van der Waals surface area contributed by atoms with Crippen molar-refractivity contribution in [2.24, 2.45) is 0 Å². The summed E-state index contributed by atoms with van der Waals surface area (Å²) in [6, 6.07) is 12.6. The van der Waals surface area contributed by atoms with E-state index in [1.807, 2.05) is 6.07 Å². The molecule has 0 aliphatic heterocycles. The Bertz CT molecular complexity index is 605. The van der Waals surface area contributed by atoms with E-state index in [0.717, 1.165) is 6.07 Å². The summed E-state index contributed by atoms with van der Waals surface area (Å²) < 4.78 is 18.9. The summed E-state index contributed by atoms with van der Waals surface area (Å²) in [6.45, 7) is -0.104. The van der Waals surface area contributed by atoms with E-state index in [0.29, 0.717) is 11.3 Å². The molecule has 0 aromatic heterocycles. The molecule has 0 aliphatic rings. The highest BCUT2D eigenvalue weighted by molar-refractivity contribution is 5.39. The summed E-state index contributed by atoms with van der Waals surface area (Å²) in [4.78, 5) is 0. The number of nitriles is 1. The van der Waals surface area contributed by atoms with Crippen LogP contribution in [0.2, 0.25) is 0 Å². The van der Waals surface area contributed by atoms with Crippen molar-refractivity contribution in [3.8, 4) is 17.6 Å². The molecule has 3 nitrogen and oxygen atoms in total. The zero-order chi connectivity index (χ0) is 13.0. The summed E-state index contributed by atoms with van der Waals surface area (Å²) >= 11 is 0. The van der Waals surface area contributed by atoms with Gasteiger partial charge < -0.3 is 9.84 Å². The molecular formula is C14H10FNO2. The van der Waals surface area contributed by atoms with Crippen LogP contribution < -0.4 is 4.74 Å². The minimum Gasteiger partial charge on any atom is -0.454 e. The molecule has 2 aromatic rings. The van der Waals surface area contributed by atoms with E-state index in [1.165, 1.54) is 12.1 Å². The van der Waals surface area contributed by atoms with Gasteiger partial charge in [-0.2, -0.15) is 5.26 Å². The van der Waals surface area contributed by atoms with E-state index >= 15 is 0 Å². The van der Waals surface area contributed by atoms with Crippen molar-refractivity contribution < 1.29 is 14.2 Å². The van der Waals surface area contributed by atoms with Crippen LogP contribution in [0.3, 0.4) is 0 Å². The zero-order valence-electron chi connectivity index (χ0n) is 9.43. The Morgan fingerprint density at radius 1 is 1.22 bits per heavy atom. The van der Waals surface area contributed by atoms with E-state index in [9.17, 15) is 4.39 Å². The average molecular weight is 243 g/mol. The summed E-state index contributed by atoms with van der Waals surface area (Å²) in [7, 11) is 0. The van der Waals surface area contributed by atoms with Gasteiger partial charge in [0.25, 0.3) is 0 Å². The quantitative estimate of drug-likeness (QED) is 0.901. The molecule has 0 spiro atoms. The minimum atomic E-state index is -0.594. The van der Waals surface area contributed by atoms with Crippen LogP contribution in [0.5, 0.6) is 11.5 Å². The molecule has 0 aliphatic carbocycles. The van der Waals surface area contributed by atoms with Crippen molar-refractivity contribution in [1.82, 2.24) is 0 Å². The second kappa shape index (κ2) is 5.30. The Kier molecular flexibility index (Phi) is 3.56. The van der Waals surface area contributed by atoms with Gasteiger partial charge in [-0.3, -0.25) is 0 Å². The summed E-state index contributed by atoms with van der Waals surface area (Å²) in [5.74, 6) is -0.113. The highest BCUT2D eigenvalue weighted by Gasteiger charge is 2.06. The van der Waals surface area contributed by atoms with Gasteiger partial charge in [0.15, 0.2) is 11.6 Å². The van der Waals surface area contributed by atoms with E-state index < -0.39 is 5.82 Å². The molecule has 90 valence electrons. The fourth-order valence-electron chi connectivity index (χ4n) is 1.49. The maximum absolute atomic E-state index is 13.6. The topological polar surface area (TPSA) is 53.2 Å². The Morgan fingerprint density at radius 2 is 2.06 bits per heavy atom. The number of aliphatic hydroxyl groups excluding tert-OH is 1. The van der Waals surface area contributed by atoms with Crippen molar-refractivity contribution in [1.29, 1.82) is 5.26 Å². The molecule has 0 amide bonds. The normalized spacial score (nSPS) is 9.83. The lowest BCUT2D eigenvalue weighted by molar-refractivity contribution is 0.281. The number of halogens is 1. The summed E-state index contributed by atoms with van der Waals surface area (Å²) in [5, 5.41) is 17.6. The number of nitrogens with zero attached hydrogens (tertiary/aromatic N) is 1. The van der Waals surface area contributed by atoms with E-state index in [4.69, 9.17) is 15.1 Å². The molecule has 2 aromatic carbocycles.